The maximum Gasteiger partial charge on any atom is 0.201 e. The Morgan fingerprint density at radius 2 is 0.866 bits per heavy atom. The minimum Gasteiger partial charge on any atom is -0.368 e. The molecule has 67 heavy (non-hydrogen) atoms. The van der Waals surface area contributed by atoms with E-state index in [1.807, 2.05) is 27.7 Å². The van der Waals surface area contributed by atoms with Gasteiger partial charge in [0, 0.05) is 61.2 Å². The summed E-state index contributed by atoms with van der Waals surface area (Å²) < 4.78 is 48.6. The molecule has 376 valence electrons. The van der Waals surface area contributed by atoms with Gasteiger partial charge in [0.05, 0.1) is 6.61 Å². The average Bonchev–Trinajstić information content (AvgIpc) is 3.79. The number of fused-ring (bicyclic) bond motifs is 6. The fourth-order valence-corrected chi connectivity index (χ4v) is 15.4. The summed E-state index contributed by atoms with van der Waals surface area (Å²) in [7, 11) is 0. The zero-order chi connectivity index (χ0) is 47.3. The van der Waals surface area contributed by atoms with Gasteiger partial charge in [-0.25, -0.2) is 29.3 Å². The van der Waals surface area contributed by atoms with E-state index in [2.05, 4.69) is 46.5 Å². The molecule has 15 aliphatic rings. The molecule has 12 heterocycles. The molecule has 0 aromatic carbocycles. The highest BCUT2D eigenvalue weighted by Crippen LogP contribution is 2.63. The molecule has 24 atom stereocenters. The lowest BCUT2D eigenvalue weighted by Crippen LogP contribution is -2.70. The normalized spacial score (nSPS) is 56.3. The number of hydrogen-bond donors (Lipinski definition) is 1. The Morgan fingerprint density at radius 3 is 1.27 bits per heavy atom. The smallest absolute Gasteiger partial charge is 0.201 e. The number of terminal acetylenes is 2. The van der Waals surface area contributed by atoms with Gasteiger partial charge in [-0.3, -0.25) is 0 Å². The summed E-state index contributed by atoms with van der Waals surface area (Å²) in [4.78, 5) is 35.3. The van der Waals surface area contributed by atoms with Crippen LogP contribution in [0, 0.1) is 95.7 Å². The first-order valence-corrected chi connectivity index (χ1v) is 25.8. The van der Waals surface area contributed by atoms with E-state index in [0.29, 0.717) is 54.5 Å². The van der Waals surface area contributed by atoms with Gasteiger partial charge in [0.25, 0.3) is 0 Å². The quantitative estimate of drug-likeness (QED) is 0.160. The van der Waals surface area contributed by atoms with Crippen LogP contribution in [0.3, 0.4) is 0 Å². The summed E-state index contributed by atoms with van der Waals surface area (Å²) in [6.45, 7) is 19.8. The predicted molar refractivity (Wildman–Crippen MR) is 237 cm³/mol. The number of aliphatic hydroxyl groups excluding tert-OH is 1. The summed E-state index contributed by atoms with van der Waals surface area (Å²) in [5.74, 6) is 6.99. The van der Waals surface area contributed by atoms with Crippen LogP contribution in [-0.2, 0) is 67.2 Å². The Labute approximate surface area is 397 Å². The fraction of sp³-hybridized carbons (Fsp3) is 0.923. The van der Waals surface area contributed by atoms with E-state index >= 15 is 0 Å². The summed E-state index contributed by atoms with van der Waals surface area (Å²) >= 11 is 0. The molecule has 15 nitrogen and oxygen atoms in total. The molecule has 0 aromatic heterocycles. The van der Waals surface area contributed by atoms with E-state index < -0.39 is 59.3 Å². The topological polar surface area (TPSA) is 149 Å². The van der Waals surface area contributed by atoms with E-state index in [9.17, 15) is 5.11 Å². The molecule has 15 heteroatoms. The Hall–Kier alpha value is -1.48. The predicted octanol–water partition coefficient (Wildman–Crippen LogP) is 8.27. The van der Waals surface area contributed by atoms with E-state index in [1.54, 1.807) is 0 Å². The molecule has 0 radical (unpaired) electrons. The maximum absolute atomic E-state index is 10.2. The van der Waals surface area contributed by atoms with Crippen molar-refractivity contribution in [2.75, 3.05) is 13.2 Å². The highest BCUT2D eigenvalue weighted by molar-refractivity contribution is 5.12. The van der Waals surface area contributed by atoms with Gasteiger partial charge in [0.1, 0.15) is 6.61 Å². The lowest BCUT2D eigenvalue weighted by atomic mass is 9.58. The second-order valence-corrected chi connectivity index (χ2v) is 23.2. The van der Waals surface area contributed by atoms with Crippen molar-refractivity contribution in [1.82, 2.24) is 0 Å². The second kappa shape index (κ2) is 18.2. The summed E-state index contributed by atoms with van der Waals surface area (Å²) in [6.07, 6.45) is 20.7. The van der Waals surface area contributed by atoms with Crippen LogP contribution in [0.4, 0.5) is 0 Å². The minimum atomic E-state index is -0.781. The molecule has 3 aliphatic carbocycles. The fourth-order valence-electron chi connectivity index (χ4n) is 15.4. The number of rotatable bonds is 5. The summed E-state index contributed by atoms with van der Waals surface area (Å²) in [5.41, 5.74) is -1.59. The van der Waals surface area contributed by atoms with Crippen LogP contribution in [0.2, 0.25) is 0 Å². The van der Waals surface area contributed by atoms with E-state index in [-0.39, 0.29) is 48.8 Å². The van der Waals surface area contributed by atoms with Gasteiger partial charge in [-0.2, -0.15) is 0 Å². The van der Waals surface area contributed by atoms with Gasteiger partial charge in [-0.05, 0) is 114 Å². The molecular formula is C52H78O15. The van der Waals surface area contributed by atoms with Crippen molar-refractivity contribution in [3.05, 3.63) is 0 Å². The first-order chi connectivity index (χ1) is 32.0. The largest absolute Gasteiger partial charge is 0.368 e. The van der Waals surface area contributed by atoms with Crippen molar-refractivity contribution >= 4 is 0 Å². The molecule has 1 N–H and O–H groups in total. The maximum atomic E-state index is 10.2. The highest BCUT2D eigenvalue weighted by Gasteiger charge is 2.72. The van der Waals surface area contributed by atoms with Gasteiger partial charge in [0.15, 0.2) is 54.5 Å². The molecule has 1 unspecified atom stereocenters. The van der Waals surface area contributed by atoms with Gasteiger partial charge >= 0.3 is 0 Å². The minimum absolute atomic E-state index is 0.0379. The van der Waals surface area contributed by atoms with Crippen LogP contribution in [0.15, 0.2) is 0 Å². The average molecular weight is 943 g/mol. The summed E-state index contributed by atoms with van der Waals surface area (Å²) in [6, 6.07) is 0. The molecule has 0 aromatic rings. The summed E-state index contributed by atoms with van der Waals surface area (Å²) in [5, 5.41) is 10.2. The van der Waals surface area contributed by atoms with Crippen LogP contribution < -0.4 is 0 Å². The van der Waals surface area contributed by atoms with Crippen LogP contribution >= 0.6 is 0 Å². The van der Waals surface area contributed by atoms with Crippen molar-refractivity contribution in [3.8, 4) is 24.7 Å². The zero-order valence-electron chi connectivity index (χ0n) is 41.3. The molecule has 15 rings (SSSR count). The molecule has 12 saturated heterocycles. The third-order valence-electron chi connectivity index (χ3n) is 19.2. The molecule has 3 saturated carbocycles. The zero-order valence-corrected chi connectivity index (χ0v) is 41.3. The van der Waals surface area contributed by atoms with E-state index in [4.69, 9.17) is 80.1 Å². The van der Waals surface area contributed by atoms with E-state index in [1.165, 1.54) is 19.3 Å². The van der Waals surface area contributed by atoms with Gasteiger partial charge in [-0.1, -0.05) is 47.5 Å². The van der Waals surface area contributed by atoms with Gasteiger partial charge in [0.2, 0.25) is 17.4 Å². The van der Waals surface area contributed by atoms with Crippen molar-refractivity contribution in [3.63, 3.8) is 0 Å². The first kappa shape index (κ1) is 49.1. The first-order valence-electron chi connectivity index (χ1n) is 25.8. The molecule has 6 bridgehead atoms. The Balaban J connectivity index is 0.000000118. The van der Waals surface area contributed by atoms with Crippen molar-refractivity contribution in [2.24, 2.45) is 71.0 Å². The standard InChI is InChI=1S/C19H28O5.C18H26O5.C15H24O5/c1-5-6-11-20-16-13(3)15-8-7-12(2)14-9-10-18(4)22-17(21-16)19(14,15)24-23-18;1-5-10-19-15-12(3)14-7-6-11(2)13-8-9-17(4)21-16(20-15)18(13,14)23-22-17;1-8-4-5-11-9(2)12(16)17-13-15(11)10(8)6-7-14(3,18-13)19-20-15/h1,12-17H,6-11H2,2-4H3;1,11-16H,6-10H2,2-4H3;8-13,16H,4-7H2,1-3H3/t12-,13-,14+,15+,16-,17-,18+,19-;11-,12-,13+,14+,15-,16-,17+,18-;8-,9-,10+,11+,12-,13?,14+,15-/m111/s1. The van der Waals surface area contributed by atoms with Crippen LogP contribution in [0.1, 0.15) is 146 Å². The molecule has 15 fully saturated rings. The van der Waals surface area contributed by atoms with Crippen LogP contribution in [-0.4, -0.2) is 90.2 Å². The lowest BCUT2D eigenvalue weighted by molar-refractivity contribution is -0.577. The van der Waals surface area contributed by atoms with Crippen LogP contribution in [0.25, 0.3) is 0 Å². The number of hydrogen-bond acceptors (Lipinski definition) is 15. The SMILES string of the molecule is C#CCCO[C@@H]1O[C@@H]2O[C@]3(C)CC[C@H]4[C@H](C)CC[C@@H]([C@H]1C)[C@@]24OO3.C#CCO[C@@H]1O[C@@H]2O[C@]3(C)CC[C@H]4[C@H](C)CC[C@@H]([C@H]1C)[C@@]24OO3.C[C@H]1[C@H](O)OC2O[C@]3(C)CC[C@H]4[C@H](C)CC[C@@H]1[C@@]24OO3. The third kappa shape index (κ3) is 7.91. The second-order valence-electron chi connectivity index (χ2n) is 23.2. The lowest BCUT2D eigenvalue weighted by Gasteiger charge is -2.60. The Kier molecular flexibility index (Phi) is 13.4. The van der Waals surface area contributed by atoms with Gasteiger partial charge in [-0.15, -0.1) is 18.8 Å². The van der Waals surface area contributed by atoms with E-state index in [0.717, 1.165) is 57.8 Å². The third-order valence-corrected chi connectivity index (χ3v) is 19.2. The van der Waals surface area contributed by atoms with Crippen molar-refractivity contribution in [2.45, 2.75) is 218 Å². The highest BCUT2D eigenvalue weighted by atomic mass is 17.3. The monoisotopic (exact) mass is 943 g/mol. The van der Waals surface area contributed by atoms with Crippen molar-refractivity contribution < 1.29 is 72.3 Å². The molecular weight excluding hydrogens is 865 g/mol. The molecule has 12 aliphatic heterocycles. The van der Waals surface area contributed by atoms with Crippen LogP contribution in [0.5, 0.6) is 0 Å². The Bertz CT molecular complexity index is 1870. The Morgan fingerprint density at radius 1 is 0.478 bits per heavy atom. The van der Waals surface area contributed by atoms with Crippen molar-refractivity contribution in [1.29, 1.82) is 0 Å². The number of aliphatic hydroxyl groups is 1. The molecule has 0 amide bonds. The molecule has 3 spiro atoms. The van der Waals surface area contributed by atoms with Gasteiger partial charge < -0.3 is 43.0 Å². The number of ether oxygens (including phenoxy) is 8.